The largest absolute Gasteiger partial charge is 0.416 e. The molecule has 0 amide bonds. The van der Waals surface area contributed by atoms with Gasteiger partial charge >= 0.3 is 49.4 Å². The Morgan fingerprint density at radius 3 is 0.877 bits per heavy atom. The lowest BCUT2D eigenvalue weighted by atomic mass is 9.12. The molecule has 6 aromatic rings. The quantitative estimate of drug-likeness (QED) is 0.0501. The zero-order valence-corrected chi connectivity index (χ0v) is 40.4. The third-order valence-corrected chi connectivity index (χ3v) is 13.6. The van der Waals surface area contributed by atoms with Crippen LogP contribution in [0.5, 0.6) is 0 Å². The highest BCUT2D eigenvalue weighted by molar-refractivity contribution is 8.06. The van der Waals surface area contributed by atoms with Gasteiger partial charge in [0, 0.05) is 11.1 Å². The predicted octanol–water partition coefficient (Wildman–Crippen LogP) is 14.9. The van der Waals surface area contributed by atoms with E-state index < -0.39 is 205 Å². The number of alkyl halides is 24. The molecule has 6 aromatic carbocycles. The van der Waals surface area contributed by atoms with Gasteiger partial charge in [-0.3, -0.25) is 0 Å². The topological polar surface area (TPSA) is 64.7 Å². The molecule has 29 heteroatoms. The summed E-state index contributed by atoms with van der Waals surface area (Å²) in [4.78, 5) is 0. The molecular formula is C52H27BF24N2OS. The summed E-state index contributed by atoms with van der Waals surface area (Å²) in [5.41, 5.74) is -28.6. The second-order valence-electron chi connectivity index (χ2n) is 17.3. The second-order valence-corrected chi connectivity index (χ2v) is 19.7. The van der Waals surface area contributed by atoms with E-state index in [1.54, 1.807) is 12.1 Å². The van der Waals surface area contributed by atoms with Crippen LogP contribution in [0, 0.1) is 33.8 Å². The highest BCUT2D eigenvalue weighted by atomic mass is 32.2. The normalized spacial score (nSPS) is 13.6. The van der Waals surface area contributed by atoms with Gasteiger partial charge in [0.05, 0.1) is 44.5 Å². The molecule has 0 heterocycles. The number of nitrogens with zero attached hydrogens (tertiary/aromatic N) is 2. The fraction of sp³-hybridized carbons (Fsp3) is 0.192. The number of rotatable bonds is 8. The summed E-state index contributed by atoms with van der Waals surface area (Å²) in [5, 5.41) is 20.6. The van der Waals surface area contributed by atoms with Crippen molar-refractivity contribution in [1.29, 1.82) is 10.5 Å². The van der Waals surface area contributed by atoms with Crippen LogP contribution in [-0.2, 0) is 69.3 Å². The molecule has 3 nitrogen and oxygen atoms in total. The van der Waals surface area contributed by atoms with Crippen molar-refractivity contribution >= 4 is 37.9 Å². The van der Waals surface area contributed by atoms with Crippen LogP contribution in [0.2, 0.25) is 0 Å². The van der Waals surface area contributed by atoms with E-state index in [-0.39, 0.29) is 17.1 Å². The van der Waals surface area contributed by atoms with Crippen molar-refractivity contribution in [1.82, 2.24) is 0 Å². The minimum atomic E-state index is -6.13. The minimum Gasteiger partial charge on any atom is -0.194 e. The standard InChI is InChI=1S/C32H12BF24.C20H15N2OS/c34-25(35,36)13-1-14(26(37,38)39)6-21(5-13)33(22-7-15(27(40,41)42)2-16(8-22)28(43,44)45,23-9-17(29(46,47)48)3-18(10-23)30(49,50)51)24-11-19(31(52,53)54)4-20(12-24)32(55,56)57;21-15-20(16-22)12-14-24(23,17-19-9-5-2-6-10-19)13-11-18-7-3-1-4-8-18/h1-12H;1-10,12H,14,17H2/q-1;+1. The second kappa shape index (κ2) is 22.9. The van der Waals surface area contributed by atoms with E-state index in [0.717, 1.165) is 11.1 Å². The van der Waals surface area contributed by atoms with Gasteiger partial charge in [-0.2, -0.15) is 138 Å². The molecule has 0 aliphatic carbocycles. The van der Waals surface area contributed by atoms with Crippen molar-refractivity contribution in [3.8, 4) is 23.3 Å². The van der Waals surface area contributed by atoms with Gasteiger partial charge in [0.15, 0.2) is 20.9 Å². The van der Waals surface area contributed by atoms with Crippen LogP contribution in [0.25, 0.3) is 0 Å². The molecule has 0 aliphatic heterocycles. The van der Waals surface area contributed by atoms with Gasteiger partial charge in [-0.1, -0.05) is 101 Å². The van der Waals surface area contributed by atoms with Crippen LogP contribution in [0.1, 0.15) is 55.6 Å². The lowest BCUT2D eigenvalue weighted by molar-refractivity contribution is -0.144. The molecule has 0 aliphatic rings. The van der Waals surface area contributed by atoms with Crippen LogP contribution in [0.15, 0.2) is 145 Å². The van der Waals surface area contributed by atoms with E-state index >= 15 is 0 Å². The van der Waals surface area contributed by atoms with Gasteiger partial charge in [0.2, 0.25) is 0 Å². The summed E-state index contributed by atoms with van der Waals surface area (Å²) >= 11 is 0. The van der Waals surface area contributed by atoms with Crippen LogP contribution in [-0.4, -0.2) is 11.9 Å². The Bertz CT molecular complexity index is 3040. The lowest BCUT2D eigenvalue weighted by Gasteiger charge is -2.46. The number of nitriles is 2. The van der Waals surface area contributed by atoms with Crippen molar-refractivity contribution in [3.63, 3.8) is 0 Å². The minimum absolute atomic E-state index is 0.0442. The summed E-state index contributed by atoms with van der Waals surface area (Å²) in [5.74, 6) is 3.31. The Morgan fingerprint density at radius 1 is 0.395 bits per heavy atom. The van der Waals surface area contributed by atoms with E-state index in [4.69, 9.17) is 10.5 Å². The van der Waals surface area contributed by atoms with Gasteiger partial charge in [-0.15, -0.1) is 0 Å². The maximum atomic E-state index is 14.2. The van der Waals surface area contributed by atoms with E-state index in [1.165, 1.54) is 6.08 Å². The summed E-state index contributed by atoms with van der Waals surface area (Å²) in [6, 6.07) is 13.5. The molecule has 0 spiro atoms. The Morgan fingerprint density at radius 2 is 0.642 bits per heavy atom. The number of hydrogen-bond donors (Lipinski definition) is 0. The van der Waals surface area contributed by atoms with Gasteiger partial charge in [-0.05, 0) is 48.4 Å². The Labute approximate surface area is 442 Å². The first-order valence-electron chi connectivity index (χ1n) is 21.9. The van der Waals surface area contributed by atoms with Crippen LogP contribution >= 0.6 is 0 Å². The molecule has 0 radical (unpaired) electrons. The fourth-order valence-electron chi connectivity index (χ4n) is 8.06. The molecule has 81 heavy (non-hydrogen) atoms. The molecule has 0 saturated heterocycles. The van der Waals surface area contributed by atoms with Gasteiger partial charge in [0.25, 0.3) is 0 Å². The average molecular weight is 1190 g/mol. The van der Waals surface area contributed by atoms with Gasteiger partial charge in [0.1, 0.15) is 29.6 Å². The molecule has 428 valence electrons. The van der Waals surface area contributed by atoms with Crippen LogP contribution in [0.4, 0.5) is 105 Å². The molecule has 1 unspecified atom stereocenters. The Kier molecular flexibility index (Phi) is 18.1. The van der Waals surface area contributed by atoms with Crippen molar-refractivity contribution in [2.24, 2.45) is 0 Å². The van der Waals surface area contributed by atoms with Crippen molar-refractivity contribution < 1.29 is 110 Å². The number of hydrogen-bond acceptors (Lipinski definition) is 3. The Hall–Kier alpha value is -7.87. The number of allylic oxidation sites excluding steroid dienone is 1. The zero-order valence-electron chi connectivity index (χ0n) is 39.6. The maximum Gasteiger partial charge on any atom is 0.416 e. The molecule has 6 rings (SSSR count). The fourth-order valence-corrected chi connectivity index (χ4v) is 9.80. The third-order valence-electron chi connectivity index (χ3n) is 11.6. The molecule has 0 N–H and O–H groups in total. The third kappa shape index (κ3) is 16.0. The smallest absolute Gasteiger partial charge is 0.194 e. The van der Waals surface area contributed by atoms with Gasteiger partial charge < -0.3 is 0 Å². The molecule has 0 aromatic heterocycles. The van der Waals surface area contributed by atoms with E-state index in [0.29, 0.717) is 0 Å². The molecule has 1 atom stereocenters. The van der Waals surface area contributed by atoms with Crippen LogP contribution < -0.4 is 21.9 Å². The molecule has 0 bridgehead atoms. The summed E-state index contributed by atoms with van der Waals surface area (Å²) in [6.45, 7) is 0. The molecular weight excluding hydrogens is 1170 g/mol. The van der Waals surface area contributed by atoms with E-state index in [9.17, 15) is 110 Å². The lowest BCUT2D eigenvalue weighted by Crippen LogP contribution is -2.75. The summed E-state index contributed by atoms with van der Waals surface area (Å²) in [7, 11) is -2.60. The summed E-state index contributed by atoms with van der Waals surface area (Å²) < 4.78 is 354. The monoisotopic (exact) mass is 1190 g/mol. The first-order valence-corrected chi connectivity index (χ1v) is 23.8. The van der Waals surface area contributed by atoms with E-state index in [2.05, 4.69) is 11.2 Å². The SMILES string of the molecule is FC(F)(F)c1cc([B-](c2cc(C(F)(F)F)cc(C(F)(F)F)c2)(c2cc(C(F)(F)F)cc(C(F)(F)F)c2)c2cc(C(F)(F)F)cc(C(F)(F)F)c2)cc(C(F)(F)F)c1.N#CC(C#N)=CC[S+](=O)(C#Cc1ccccc1)Cc1ccccc1. The molecule has 0 saturated carbocycles. The summed E-state index contributed by atoms with van der Waals surface area (Å²) in [6.07, 6.45) is -53.4. The van der Waals surface area contributed by atoms with Crippen molar-refractivity contribution in [2.75, 3.05) is 5.75 Å². The van der Waals surface area contributed by atoms with Crippen molar-refractivity contribution in [2.45, 2.75) is 55.2 Å². The first kappa shape index (κ1) is 64.0. The zero-order chi connectivity index (χ0) is 61.2. The van der Waals surface area contributed by atoms with Crippen LogP contribution in [0.3, 0.4) is 0 Å². The predicted molar refractivity (Wildman–Crippen MR) is 246 cm³/mol. The Balaban J connectivity index is 0.000000416. The van der Waals surface area contributed by atoms with Gasteiger partial charge in [-0.25, -0.2) is 0 Å². The number of benzene rings is 6. The average Bonchev–Trinajstić information content (AvgIpc) is 3.35. The maximum absolute atomic E-state index is 14.2. The number of halogens is 24. The molecule has 0 fully saturated rings. The highest BCUT2D eigenvalue weighted by Gasteiger charge is 2.47. The van der Waals surface area contributed by atoms with E-state index in [1.807, 2.05) is 60.7 Å². The highest BCUT2D eigenvalue weighted by Crippen LogP contribution is 2.41. The van der Waals surface area contributed by atoms with Crippen molar-refractivity contribution in [3.05, 3.63) is 201 Å². The first-order chi connectivity index (χ1) is 36.9.